The van der Waals surface area contributed by atoms with Crippen LogP contribution in [0.1, 0.15) is 38.5 Å². The summed E-state index contributed by atoms with van der Waals surface area (Å²) in [5, 5.41) is 12.7. The van der Waals surface area contributed by atoms with E-state index < -0.39 is 0 Å². The predicted octanol–water partition coefficient (Wildman–Crippen LogP) is 0.779. The zero-order valence-electron chi connectivity index (χ0n) is 11.6. The topological polar surface area (TPSA) is 55.8 Å². The Balaban J connectivity index is 1.42. The predicted molar refractivity (Wildman–Crippen MR) is 73.0 cm³/mol. The summed E-state index contributed by atoms with van der Waals surface area (Å²) < 4.78 is 0. The molecule has 2 heterocycles. The lowest BCUT2D eigenvalue weighted by molar-refractivity contribution is 0.0817. The number of amides is 2. The van der Waals surface area contributed by atoms with Gasteiger partial charge in [-0.3, -0.25) is 0 Å². The van der Waals surface area contributed by atoms with Crippen LogP contribution in [0.25, 0.3) is 0 Å². The first-order valence-corrected chi connectivity index (χ1v) is 7.70. The Bertz CT molecular complexity index is 325. The van der Waals surface area contributed by atoms with Gasteiger partial charge in [-0.25, -0.2) is 4.79 Å². The summed E-state index contributed by atoms with van der Waals surface area (Å²) in [6.07, 6.45) is 6.26. The fourth-order valence-electron chi connectivity index (χ4n) is 3.25. The van der Waals surface area contributed by atoms with Crippen molar-refractivity contribution in [1.82, 2.24) is 15.1 Å². The van der Waals surface area contributed by atoms with Crippen molar-refractivity contribution >= 4 is 6.03 Å². The first kappa shape index (κ1) is 13.2. The maximum absolute atomic E-state index is 12.1. The molecule has 1 unspecified atom stereocenters. The molecule has 0 aromatic rings. The van der Waals surface area contributed by atoms with Crippen molar-refractivity contribution in [2.24, 2.45) is 0 Å². The van der Waals surface area contributed by atoms with Gasteiger partial charge < -0.3 is 20.2 Å². The number of urea groups is 1. The standard InChI is InChI=1S/C14H25N3O2/c18-13-2-1-7-17(10-13)14(19)15-11-5-8-16(9-6-11)12-3-4-12/h11-13,18H,1-10H2,(H,15,19). The van der Waals surface area contributed by atoms with Gasteiger partial charge in [0.2, 0.25) is 0 Å². The molecule has 0 bridgehead atoms. The van der Waals surface area contributed by atoms with Crippen molar-refractivity contribution < 1.29 is 9.90 Å². The molecule has 3 aliphatic rings. The lowest BCUT2D eigenvalue weighted by Gasteiger charge is -2.35. The highest BCUT2D eigenvalue weighted by atomic mass is 16.3. The minimum absolute atomic E-state index is 0.0172. The first-order chi connectivity index (χ1) is 9.22. The van der Waals surface area contributed by atoms with Crippen molar-refractivity contribution in [2.45, 2.75) is 56.7 Å². The van der Waals surface area contributed by atoms with E-state index in [0.717, 1.165) is 51.4 Å². The van der Waals surface area contributed by atoms with Gasteiger partial charge in [0, 0.05) is 38.3 Å². The van der Waals surface area contributed by atoms with Gasteiger partial charge in [0.1, 0.15) is 0 Å². The average molecular weight is 267 g/mol. The van der Waals surface area contributed by atoms with Crippen LogP contribution in [0.2, 0.25) is 0 Å². The average Bonchev–Trinajstić information content (AvgIpc) is 3.24. The molecule has 2 saturated heterocycles. The Labute approximate surface area is 114 Å². The van der Waals surface area contributed by atoms with E-state index in [1.165, 1.54) is 12.8 Å². The summed E-state index contributed by atoms with van der Waals surface area (Å²) in [5.74, 6) is 0. The molecule has 5 nitrogen and oxygen atoms in total. The van der Waals surface area contributed by atoms with Gasteiger partial charge >= 0.3 is 6.03 Å². The van der Waals surface area contributed by atoms with Crippen LogP contribution in [0, 0.1) is 0 Å². The Morgan fingerprint density at radius 3 is 2.42 bits per heavy atom. The first-order valence-electron chi connectivity index (χ1n) is 7.70. The van der Waals surface area contributed by atoms with Crippen LogP contribution >= 0.6 is 0 Å². The molecule has 3 fully saturated rings. The van der Waals surface area contributed by atoms with Crippen LogP contribution in [0.3, 0.4) is 0 Å². The second-order valence-electron chi connectivity index (χ2n) is 6.23. The van der Waals surface area contributed by atoms with Crippen molar-refractivity contribution in [1.29, 1.82) is 0 Å². The molecular weight excluding hydrogens is 242 g/mol. The molecule has 0 spiro atoms. The Morgan fingerprint density at radius 1 is 1.05 bits per heavy atom. The van der Waals surface area contributed by atoms with E-state index >= 15 is 0 Å². The molecule has 0 aromatic carbocycles. The van der Waals surface area contributed by atoms with Crippen LogP contribution in [0.5, 0.6) is 0 Å². The molecule has 3 rings (SSSR count). The number of likely N-dealkylation sites (tertiary alicyclic amines) is 2. The number of hydrogen-bond acceptors (Lipinski definition) is 3. The van der Waals surface area contributed by atoms with Crippen molar-refractivity contribution in [3.8, 4) is 0 Å². The highest BCUT2D eigenvalue weighted by Gasteiger charge is 2.32. The number of carbonyl (C=O) groups is 1. The van der Waals surface area contributed by atoms with E-state index in [9.17, 15) is 9.90 Å². The smallest absolute Gasteiger partial charge is 0.317 e. The second-order valence-corrected chi connectivity index (χ2v) is 6.23. The van der Waals surface area contributed by atoms with Crippen LogP contribution in [0.15, 0.2) is 0 Å². The summed E-state index contributed by atoms with van der Waals surface area (Å²) in [6.45, 7) is 3.52. The third-order valence-corrected chi connectivity index (χ3v) is 4.60. The number of β-amino-alcohol motifs (C(OH)–C–C–N with tert-alkyl or cyclic N) is 1. The molecule has 1 aliphatic carbocycles. The van der Waals surface area contributed by atoms with E-state index in [1.807, 2.05) is 0 Å². The number of aliphatic hydroxyl groups is 1. The van der Waals surface area contributed by atoms with Crippen molar-refractivity contribution in [2.75, 3.05) is 26.2 Å². The van der Waals surface area contributed by atoms with Gasteiger partial charge in [-0.05, 0) is 38.5 Å². The number of nitrogens with zero attached hydrogens (tertiary/aromatic N) is 2. The van der Waals surface area contributed by atoms with E-state index in [4.69, 9.17) is 0 Å². The fraction of sp³-hybridized carbons (Fsp3) is 0.929. The van der Waals surface area contributed by atoms with Gasteiger partial charge in [-0.2, -0.15) is 0 Å². The van der Waals surface area contributed by atoms with Crippen LogP contribution < -0.4 is 5.32 Å². The normalized spacial score (nSPS) is 30.4. The van der Waals surface area contributed by atoms with E-state index in [2.05, 4.69) is 10.2 Å². The number of aliphatic hydroxyl groups excluding tert-OH is 1. The molecule has 1 saturated carbocycles. The summed E-state index contributed by atoms with van der Waals surface area (Å²) in [5.41, 5.74) is 0. The third kappa shape index (κ3) is 3.39. The molecule has 108 valence electrons. The Kier molecular flexibility index (Phi) is 3.93. The quantitative estimate of drug-likeness (QED) is 0.777. The number of piperidine rings is 2. The zero-order chi connectivity index (χ0) is 13.2. The molecule has 19 heavy (non-hydrogen) atoms. The van der Waals surface area contributed by atoms with Crippen LogP contribution in [-0.4, -0.2) is 65.3 Å². The van der Waals surface area contributed by atoms with Gasteiger partial charge in [-0.15, -0.1) is 0 Å². The van der Waals surface area contributed by atoms with Gasteiger partial charge in [-0.1, -0.05) is 0 Å². The number of nitrogens with one attached hydrogen (secondary N) is 1. The van der Waals surface area contributed by atoms with Crippen molar-refractivity contribution in [3.63, 3.8) is 0 Å². The highest BCUT2D eigenvalue weighted by molar-refractivity contribution is 5.74. The molecular formula is C14H25N3O2. The number of carbonyl (C=O) groups excluding carboxylic acids is 1. The molecule has 2 aliphatic heterocycles. The lowest BCUT2D eigenvalue weighted by atomic mass is 10.0. The molecule has 2 N–H and O–H groups in total. The zero-order valence-corrected chi connectivity index (χ0v) is 11.6. The summed E-state index contributed by atoms with van der Waals surface area (Å²) in [4.78, 5) is 16.5. The summed E-state index contributed by atoms with van der Waals surface area (Å²) in [6, 6.07) is 1.18. The second kappa shape index (κ2) is 5.67. The summed E-state index contributed by atoms with van der Waals surface area (Å²) in [7, 11) is 0. The molecule has 2 amide bonds. The van der Waals surface area contributed by atoms with Crippen LogP contribution in [-0.2, 0) is 0 Å². The SMILES string of the molecule is O=C(NC1CCN(C2CC2)CC1)N1CCCC(O)C1. The fourth-order valence-corrected chi connectivity index (χ4v) is 3.25. The van der Waals surface area contributed by atoms with E-state index in [1.54, 1.807) is 4.90 Å². The van der Waals surface area contributed by atoms with Gasteiger partial charge in [0.15, 0.2) is 0 Å². The van der Waals surface area contributed by atoms with E-state index in [0.29, 0.717) is 12.6 Å². The van der Waals surface area contributed by atoms with Gasteiger partial charge in [0.25, 0.3) is 0 Å². The Hall–Kier alpha value is -0.810. The minimum atomic E-state index is -0.337. The molecule has 5 heteroatoms. The van der Waals surface area contributed by atoms with Crippen LogP contribution in [0.4, 0.5) is 4.79 Å². The molecule has 1 atom stereocenters. The maximum Gasteiger partial charge on any atom is 0.317 e. The van der Waals surface area contributed by atoms with Gasteiger partial charge in [0.05, 0.1) is 6.10 Å². The highest BCUT2D eigenvalue weighted by Crippen LogP contribution is 2.29. The molecule has 0 aromatic heterocycles. The third-order valence-electron chi connectivity index (χ3n) is 4.60. The van der Waals surface area contributed by atoms with Crippen molar-refractivity contribution in [3.05, 3.63) is 0 Å². The summed E-state index contributed by atoms with van der Waals surface area (Å²) >= 11 is 0. The number of hydrogen-bond donors (Lipinski definition) is 2. The van der Waals surface area contributed by atoms with E-state index in [-0.39, 0.29) is 12.1 Å². The Morgan fingerprint density at radius 2 is 1.79 bits per heavy atom. The maximum atomic E-state index is 12.1. The number of rotatable bonds is 2. The monoisotopic (exact) mass is 267 g/mol. The molecule has 0 radical (unpaired) electrons. The largest absolute Gasteiger partial charge is 0.391 e. The lowest BCUT2D eigenvalue weighted by Crippen LogP contribution is -2.52. The minimum Gasteiger partial charge on any atom is -0.391 e.